The third-order valence-corrected chi connectivity index (χ3v) is 7.81. The molecule has 0 spiro atoms. The zero-order valence-electron chi connectivity index (χ0n) is 23.2. The molecule has 0 radical (unpaired) electrons. The van der Waals surface area contributed by atoms with Crippen LogP contribution in [0.15, 0.2) is 48.5 Å². The number of hydrogen-bond acceptors (Lipinski definition) is 7. The Morgan fingerprint density at radius 3 is 2.40 bits per heavy atom. The lowest BCUT2D eigenvalue weighted by Crippen LogP contribution is -2.52. The van der Waals surface area contributed by atoms with Gasteiger partial charge in [-0.1, -0.05) is 50.2 Å². The maximum Gasteiger partial charge on any atom is 0.326 e. The Kier molecular flexibility index (Phi) is 11.1. The number of urea groups is 1. The van der Waals surface area contributed by atoms with Crippen molar-refractivity contribution in [2.45, 2.75) is 58.2 Å². The Labute approximate surface area is 238 Å². The largest absolute Gasteiger partial charge is 0.465 e. The summed E-state index contributed by atoms with van der Waals surface area (Å²) in [6.45, 7) is 6.75. The highest BCUT2D eigenvalue weighted by Crippen LogP contribution is 2.31. The molecular formula is C29H36N4O6S. The van der Waals surface area contributed by atoms with E-state index >= 15 is 0 Å². The van der Waals surface area contributed by atoms with Crippen molar-refractivity contribution in [1.82, 2.24) is 5.32 Å². The van der Waals surface area contributed by atoms with Crippen molar-refractivity contribution in [2.24, 2.45) is 5.92 Å². The molecule has 40 heavy (non-hydrogen) atoms. The van der Waals surface area contributed by atoms with E-state index < -0.39 is 35.1 Å². The van der Waals surface area contributed by atoms with Crippen molar-refractivity contribution in [3.8, 4) is 0 Å². The van der Waals surface area contributed by atoms with Gasteiger partial charge in [0.2, 0.25) is 11.8 Å². The monoisotopic (exact) mass is 568 g/mol. The number of aryl methyl sites for hydroxylation is 1. The van der Waals surface area contributed by atoms with Crippen LogP contribution in [0.1, 0.15) is 46.1 Å². The quantitative estimate of drug-likeness (QED) is 0.363. The molecule has 2 aromatic carbocycles. The molecule has 0 fully saturated rings. The maximum atomic E-state index is 13.7. The molecule has 214 valence electrons. The molecule has 3 rings (SSSR count). The summed E-state index contributed by atoms with van der Waals surface area (Å²) in [6, 6.07) is 12.7. The lowest BCUT2D eigenvalue weighted by atomic mass is 10.0. The number of anilines is 3. The maximum absolute atomic E-state index is 13.7. The molecule has 0 aliphatic carbocycles. The van der Waals surface area contributed by atoms with E-state index in [9.17, 15) is 24.0 Å². The van der Waals surface area contributed by atoms with Gasteiger partial charge in [-0.05, 0) is 61.6 Å². The highest BCUT2D eigenvalue weighted by molar-refractivity contribution is 8.14. The smallest absolute Gasteiger partial charge is 0.326 e. The van der Waals surface area contributed by atoms with Crippen LogP contribution in [0.25, 0.3) is 0 Å². The fourth-order valence-corrected chi connectivity index (χ4v) is 5.34. The first-order valence-corrected chi connectivity index (χ1v) is 14.2. The highest BCUT2D eigenvalue weighted by atomic mass is 32.2. The molecule has 4 amide bonds. The van der Waals surface area contributed by atoms with Crippen LogP contribution in [0.5, 0.6) is 0 Å². The minimum Gasteiger partial charge on any atom is -0.465 e. The summed E-state index contributed by atoms with van der Waals surface area (Å²) in [7, 11) is 0. The normalized spacial score (nSPS) is 16.1. The van der Waals surface area contributed by atoms with Gasteiger partial charge in [-0.15, -0.1) is 0 Å². The predicted octanol–water partition coefficient (Wildman–Crippen LogP) is 4.35. The molecule has 1 heterocycles. The number of nitrogens with zero attached hydrogens (tertiary/aromatic N) is 1. The third-order valence-electron chi connectivity index (χ3n) is 6.55. The minimum absolute atomic E-state index is 0.0849. The van der Waals surface area contributed by atoms with Crippen LogP contribution in [0.2, 0.25) is 0 Å². The van der Waals surface area contributed by atoms with E-state index in [4.69, 9.17) is 4.74 Å². The van der Waals surface area contributed by atoms with Gasteiger partial charge < -0.3 is 20.7 Å². The van der Waals surface area contributed by atoms with Gasteiger partial charge >= 0.3 is 12.0 Å². The second kappa shape index (κ2) is 14.5. The van der Waals surface area contributed by atoms with E-state index in [-0.39, 0.29) is 30.6 Å². The number of amides is 4. The molecule has 3 atom stereocenters. The van der Waals surface area contributed by atoms with Crippen LogP contribution >= 0.6 is 11.8 Å². The van der Waals surface area contributed by atoms with Crippen molar-refractivity contribution in [3.05, 3.63) is 54.1 Å². The molecular weight excluding hydrogens is 532 g/mol. The van der Waals surface area contributed by atoms with Gasteiger partial charge in [0.25, 0.3) is 0 Å². The number of rotatable bonds is 10. The Bertz CT molecular complexity index is 1240. The van der Waals surface area contributed by atoms with E-state index in [2.05, 4.69) is 16.0 Å². The fourth-order valence-electron chi connectivity index (χ4n) is 4.38. The molecule has 0 aromatic heterocycles. The van der Waals surface area contributed by atoms with Gasteiger partial charge in [0, 0.05) is 24.0 Å². The second-order valence-electron chi connectivity index (χ2n) is 9.53. The van der Waals surface area contributed by atoms with E-state index in [1.807, 2.05) is 32.0 Å². The number of carbonyl (C=O) groups excluding carboxylic acids is 5. The van der Waals surface area contributed by atoms with Crippen molar-refractivity contribution in [1.29, 1.82) is 0 Å². The first kappa shape index (κ1) is 30.7. The molecule has 1 unspecified atom stereocenters. The lowest BCUT2D eigenvalue weighted by molar-refractivity contribution is -0.142. The van der Waals surface area contributed by atoms with Crippen molar-refractivity contribution < 1.29 is 28.7 Å². The molecule has 0 saturated carbocycles. The Balaban J connectivity index is 1.84. The molecule has 3 N–H and O–H groups in total. The number of benzene rings is 2. The zero-order valence-corrected chi connectivity index (χ0v) is 24.0. The molecule has 2 aromatic rings. The number of carbonyl (C=O) groups is 5. The molecule has 0 saturated heterocycles. The standard InChI is InChI=1S/C29H36N4O6S/c1-5-18(3)26(40-19(4)34)27(36)32-23-14-12-20-16-22(31-29(38)30-21-10-8-7-9-11-21)13-15-24(20)33(28(23)37)17-25(35)39-6-2/h7-11,13,15-16,18,23,26H,5-6,12,14,17H2,1-4H3,(H,32,36)(H2,30,31,38)/t18-,23?,26-/m0/s1. The van der Waals surface area contributed by atoms with Gasteiger partial charge in [-0.2, -0.15) is 0 Å². The number of ether oxygens (including phenoxy) is 1. The average molecular weight is 569 g/mol. The van der Waals surface area contributed by atoms with Gasteiger partial charge in [0.15, 0.2) is 5.12 Å². The summed E-state index contributed by atoms with van der Waals surface area (Å²) in [5.41, 5.74) is 2.37. The topological polar surface area (TPSA) is 134 Å². The van der Waals surface area contributed by atoms with Gasteiger partial charge in [-0.25, -0.2) is 4.79 Å². The number of para-hydroxylation sites is 1. The summed E-state index contributed by atoms with van der Waals surface area (Å²) in [5.74, 6) is -1.51. The van der Waals surface area contributed by atoms with Crippen molar-refractivity contribution in [2.75, 3.05) is 28.7 Å². The lowest BCUT2D eigenvalue weighted by Gasteiger charge is -2.27. The van der Waals surface area contributed by atoms with Crippen LogP contribution in [0, 0.1) is 5.92 Å². The van der Waals surface area contributed by atoms with Gasteiger partial charge in [0.05, 0.1) is 11.9 Å². The van der Waals surface area contributed by atoms with Crippen LogP contribution in [-0.4, -0.2) is 53.4 Å². The SMILES string of the molecule is CCOC(=O)CN1C(=O)C(NC(=O)[C@@H](SC(C)=O)[C@@H](C)CC)CCc2cc(NC(=O)Nc3ccccc3)ccc21. The molecule has 0 bridgehead atoms. The summed E-state index contributed by atoms with van der Waals surface area (Å²) in [6.07, 6.45) is 1.36. The molecule has 11 heteroatoms. The number of nitrogens with one attached hydrogen (secondary N) is 3. The van der Waals surface area contributed by atoms with Crippen LogP contribution < -0.4 is 20.9 Å². The first-order chi connectivity index (χ1) is 19.1. The molecule has 1 aliphatic heterocycles. The number of esters is 1. The molecule has 1 aliphatic rings. The van der Waals surface area contributed by atoms with Crippen molar-refractivity contribution >= 4 is 57.8 Å². The van der Waals surface area contributed by atoms with E-state index in [0.29, 0.717) is 29.9 Å². The Hall–Kier alpha value is -3.86. The molecule has 10 nitrogen and oxygen atoms in total. The van der Waals surface area contributed by atoms with Crippen LogP contribution in [0.4, 0.5) is 21.9 Å². The van der Waals surface area contributed by atoms with Crippen molar-refractivity contribution in [3.63, 3.8) is 0 Å². The number of hydrogen-bond donors (Lipinski definition) is 3. The Morgan fingerprint density at radius 2 is 1.75 bits per heavy atom. The van der Waals surface area contributed by atoms with Gasteiger partial charge in [0.1, 0.15) is 12.6 Å². The fraction of sp³-hybridized carbons (Fsp3) is 0.414. The van der Waals surface area contributed by atoms with Crippen LogP contribution in [-0.2, 0) is 30.3 Å². The summed E-state index contributed by atoms with van der Waals surface area (Å²) < 4.78 is 5.10. The van der Waals surface area contributed by atoms with E-state index in [1.165, 1.54) is 11.8 Å². The average Bonchev–Trinajstić information content (AvgIpc) is 3.03. The van der Waals surface area contributed by atoms with Gasteiger partial charge in [-0.3, -0.25) is 24.1 Å². The number of fused-ring (bicyclic) bond motifs is 1. The van der Waals surface area contributed by atoms with Crippen LogP contribution in [0.3, 0.4) is 0 Å². The summed E-state index contributed by atoms with van der Waals surface area (Å²) in [4.78, 5) is 65.0. The summed E-state index contributed by atoms with van der Waals surface area (Å²) in [5, 5.41) is 7.57. The first-order valence-electron chi connectivity index (χ1n) is 13.3. The Morgan fingerprint density at radius 1 is 1.05 bits per heavy atom. The second-order valence-corrected chi connectivity index (χ2v) is 10.9. The third kappa shape index (κ3) is 8.32. The zero-order chi connectivity index (χ0) is 29.2. The minimum atomic E-state index is -0.911. The summed E-state index contributed by atoms with van der Waals surface area (Å²) >= 11 is 0.953. The number of thioether (sulfide) groups is 1. The highest BCUT2D eigenvalue weighted by Gasteiger charge is 2.35. The predicted molar refractivity (Wildman–Crippen MR) is 156 cm³/mol. The van der Waals surface area contributed by atoms with E-state index in [0.717, 1.165) is 17.3 Å². The van der Waals surface area contributed by atoms with E-state index in [1.54, 1.807) is 37.3 Å².